The van der Waals surface area contributed by atoms with Crippen molar-refractivity contribution in [2.45, 2.75) is 39.7 Å². The minimum absolute atomic E-state index is 0.848. The zero-order valence-electron chi connectivity index (χ0n) is 9.70. The van der Waals surface area contributed by atoms with Gasteiger partial charge in [-0.3, -0.25) is 0 Å². The molecule has 2 rings (SSSR count). The van der Waals surface area contributed by atoms with E-state index in [0.29, 0.717) is 0 Å². The standard InChI is InChI=1S/C12H20N2O/c1-10-11(2)14(9-13-10)6-3-12-4-7-15-8-5-12/h9,12H,3-8H2,1-2H3. The van der Waals surface area contributed by atoms with Crippen LogP contribution in [0.1, 0.15) is 30.7 Å². The summed E-state index contributed by atoms with van der Waals surface area (Å²) in [6.07, 6.45) is 5.68. The summed E-state index contributed by atoms with van der Waals surface area (Å²) < 4.78 is 7.63. The summed E-state index contributed by atoms with van der Waals surface area (Å²) in [5, 5.41) is 0. The normalized spacial score (nSPS) is 18.3. The fourth-order valence-electron chi connectivity index (χ4n) is 2.13. The Kier molecular flexibility index (Phi) is 3.41. The fraction of sp³-hybridized carbons (Fsp3) is 0.750. The fourth-order valence-corrected chi connectivity index (χ4v) is 2.13. The molecular formula is C12H20N2O. The molecule has 0 atom stereocenters. The molecule has 2 heterocycles. The Morgan fingerprint density at radius 3 is 2.73 bits per heavy atom. The Morgan fingerprint density at radius 2 is 2.13 bits per heavy atom. The van der Waals surface area contributed by atoms with Gasteiger partial charge in [0.1, 0.15) is 0 Å². The van der Waals surface area contributed by atoms with Gasteiger partial charge < -0.3 is 9.30 Å². The van der Waals surface area contributed by atoms with Crippen molar-refractivity contribution in [2.24, 2.45) is 5.92 Å². The second-order valence-corrected chi connectivity index (χ2v) is 4.45. The number of imidazole rings is 1. The van der Waals surface area contributed by atoms with Gasteiger partial charge >= 0.3 is 0 Å². The molecule has 0 N–H and O–H groups in total. The molecule has 1 aromatic heterocycles. The lowest BCUT2D eigenvalue weighted by atomic mass is 9.97. The molecule has 0 amide bonds. The van der Waals surface area contributed by atoms with Crippen molar-refractivity contribution < 1.29 is 4.74 Å². The van der Waals surface area contributed by atoms with Gasteiger partial charge in [0.15, 0.2) is 0 Å². The highest BCUT2D eigenvalue weighted by Gasteiger charge is 2.13. The first kappa shape index (κ1) is 10.7. The van der Waals surface area contributed by atoms with Crippen LogP contribution in [0.2, 0.25) is 0 Å². The van der Waals surface area contributed by atoms with Gasteiger partial charge in [-0.2, -0.15) is 0 Å². The SMILES string of the molecule is Cc1ncn(CCC2CCOCC2)c1C. The maximum atomic E-state index is 5.36. The number of nitrogens with zero attached hydrogens (tertiary/aromatic N) is 2. The molecule has 1 aliphatic rings. The molecular weight excluding hydrogens is 188 g/mol. The Hall–Kier alpha value is -0.830. The van der Waals surface area contributed by atoms with Gasteiger partial charge in [0.05, 0.1) is 12.0 Å². The van der Waals surface area contributed by atoms with E-state index in [1.807, 2.05) is 6.33 Å². The molecule has 84 valence electrons. The van der Waals surface area contributed by atoms with E-state index in [1.165, 1.54) is 25.0 Å². The van der Waals surface area contributed by atoms with E-state index >= 15 is 0 Å². The molecule has 3 nitrogen and oxygen atoms in total. The maximum Gasteiger partial charge on any atom is 0.0951 e. The Labute approximate surface area is 91.5 Å². The van der Waals surface area contributed by atoms with Gasteiger partial charge in [0, 0.05) is 25.5 Å². The molecule has 0 radical (unpaired) electrons. The summed E-state index contributed by atoms with van der Waals surface area (Å²) in [6.45, 7) is 7.23. The molecule has 0 aliphatic carbocycles. The minimum Gasteiger partial charge on any atom is -0.381 e. The summed E-state index contributed by atoms with van der Waals surface area (Å²) in [6, 6.07) is 0. The van der Waals surface area contributed by atoms with Crippen LogP contribution in [0.5, 0.6) is 0 Å². The van der Waals surface area contributed by atoms with E-state index in [4.69, 9.17) is 4.74 Å². The topological polar surface area (TPSA) is 27.1 Å². The molecule has 3 heteroatoms. The monoisotopic (exact) mass is 208 g/mol. The van der Waals surface area contributed by atoms with Crippen LogP contribution in [0.3, 0.4) is 0 Å². The van der Waals surface area contributed by atoms with Gasteiger partial charge in [-0.25, -0.2) is 4.98 Å². The lowest BCUT2D eigenvalue weighted by molar-refractivity contribution is 0.0625. The highest BCUT2D eigenvalue weighted by Crippen LogP contribution is 2.19. The van der Waals surface area contributed by atoms with Crippen molar-refractivity contribution in [1.29, 1.82) is 0 Å². The predicted molar refractivity (Wildman–Crippen MR) is 59.9 cm³/mol. The smallest absolute Gasteiger partial charge is 0.0951 e. The summed E-state index contributed by atoms with van der Waals surface area (Å²) >= 11 is 0. The van der Waals surface area contributed by atoms with E-state index in [-0.39, 0.29) is 0 Å². The molecule has 0 spiro atoms. The van der Waals surface area contributed by atoms with E-state index in [1.54, 1.807) is 0 Å². The Balaban J connectivity index is 1.84. The zero-order valence-corrected chi connectivity index (χ0v) is 9.70. The average Bonchev–Trinajstić information content (AvgIpc) is 2.59. The van der Waals surface area contributed by atoms with Gasteiger partial charge in [-0.05, 0) is 39.0 Å². The number of aromatic nitrogens is 2. The van der Waals surface area contributed by atoms with Crippen molar-refractivity contribution >= 4 is 0 Å². The lowest BCUT2D eigenvalue weighted by Crippen LogP contribution is -2.17. The van der Waals surface area contributed by atoms with Crippen molar-refractivity contribution in [3.63, 3.8) is 0 Å². The Bertz CT molecular complexity index is 313. The molecule has 15 heavy (non-hydrogen) atoms. The van der Waals surface area contributed by atoms with Gasteiger partial charge in [0.25, 0.3) is 0 Å². The predicted octanol–water partition coefficient (Wildman–Crippen LogP) is 2.32. The summed E-state index contributed by atoms with van der Waals surface area (Å²) in [7, 11) is 0. The average molecular weight is 208 g/mol. The first-order valence-corrected chi connectivity index (χ1v) is 5.83. The van der Waals surface area contributed by atoms with Crippen molar-refractivity contribution in [2.75, 3.05) is 13.2 Å². The second-order valence-electron chi connectivity index (χ2n) is 4.45. The molecule has 0 saturated carbocycles. The van der Waals surface area contributed by atoms with Crippen LogP contribution in [0.4, 0.5) is 0 Å². The molecule has 0 bridgehead atoms. The van der Waals surface area contributed by atoms with Crippen LogP contribution >= 0.6 is 0 Å². The van der Waals surface area contributed by atoms with Crippen LogP contribution in [-0.2, 0) is 11.3 Å². The lowest BCUT2D eigenvalue weighted by Gasteiger charge is -2.22. The largest absolute Gasteiger partial charge is 0.381 e. The van der Waals surface area contributed by atoms with Crippen LogP contribution in [0, 0.1) is 19.8 Å². The van der Waals surface area contributed by atoms with Crippen molar-refractivity contribution in [3.8, 4) is 0 Å². The molecule has 1 saturated heterocycles. The third kappa shape index (κ3) is 2.59. The molecule has 0 unspecified atom stereocenters. The van der Waals surface area contributed by atoms with Crippen LogP contribution < -0.4 is 0 Å². The third-order valence-electron chi connectivity index (χ3n) is 3.46. The second kappa shape index (κ2) is 4.79. The van der Waals surface area contributed by atoms with Crippen LogP contribution in [0.15, 0.2) is 6.33 Å². The maximum absolute atomic E-state index is 5.36. The molecule has 1 fully saturated rings. The van der Waals surface area contributed by atoms with Crippen molar-refractivity contribution in [3.05, 3.63) is 17.7 Å². The number of hydrogen-bond acceptors (Lipinski definition) is 2. The zero-order chi connectivity index (χ0) is 10.7. The first-order valence-electron chi connectivity index (χ1n) is 5.83. The van der Waals surface area contributed by atoms with Crippen LogP contribution in [0.25, 0.3) is 0 Å². The van der Waals surface area contributed by atoms with Gasteiger partial charge in [-0.1, -0.05) is 0 Å². The Morgan fingerprint density at radius 1 is 1.40 bits per heavy atom. The highest BCUT2D eigenvalue weighted by atomic mass is 16.5. The first-order chi connectivity index (χ1) is 7.27. The summed E-state index contributed by atoms with van der Waals surface area (Å²) in [4.78, 5) is 4.32. The molecule has 0 aromatic carbocycles. The number of ether oxygens (including phenoxy) is 1. The van der Waals surface area contributed by atoms with E-state index < -0.39 is 0 Å². The number of aryl methyl sites for hydroxylation is 2. The van der Waals surface area contributed by atoms with Gasteiger partial charge in [-0.15, -0.1) is 0 Å². The quantitative estimate of drug-likeness (QED) is 0.762. The minimum atomic E-state index is 0.848. The van der Waals surface area contributed by atoms with Crippen LogP contribution in [-0.4, -0.2) is 22.8 Å². The van der Waals surface area contributed by atoms with E-state index in [0.717, 1.165) is 31.4 Å². The number of rotatable bonds is 3. The third-order valence-corrected chi connectivity index (χ3v) is 3.46. The number of hydrogen-bond donors (Lipinski definition) is 0. The summed E-state index contributed by atoms with van der Waals surface area (Å²) in [5.74, 6) is 0.848. The van der Waals surface area contributed by atoms with E-state index in [9.17, 15) is 0 Å². The molecule has 1 aromatic rings. The highest BCUT2D eigenvalue weighted by molar-refractivity contribution is 5.08. The van der Waals surface area contributed by atoms with Crippen molar-refractivity contribution in [1.82, 2.24) is 9.55 Å². The van der Waals surface area contributed by atoms with E-state index in [2.05, 4.69) is 23.4 Å². The summed E-state index contributed by atoms with van der Waals surface area (Å²) in [5.41, 5.74) is 2.46. The molecule has 1 aliphatic heterocycles. The van der Waals surface area contributed by atoms with Gasteiger partial charge in [0.2, 0.25) is 0 Å².